The molecule has 0 saturated carbocycles. The molecule has 1 unspecified atom stereocenters. The van der Waals surface area contributed by atoms with Gasteiger partial charge in [0, 0.05) is 25.6 Å². The lowest BCUT2D eigenvalue weighted by Crippen LogP contribution is -2.50. The third kappa shape index (κ3) is 15.1. The van der Waals surface area contributed by atoms with Crippen LogP contribution in [-0.2, 0) is 28.6 Å². The molecule has 0 saturated heterocycles. The number of aliphatic hydroxyl groups excluding tert-OH is 1. The fourth-order valence-electron chi connectivity index (χ4n) is 2.77. The largest absolute Gasteiger partial charge is 0.481 e. The maximum absolute atomic E-state index is 12.5. The van der Waals surface area contributed by atoms with Crippen LogP contribution in [0.25, 0.3) is 0 Å². The lowest BCUT2D eigenvalue weighted by atomic mass is 9.92. The van der Waals surface area contributed by atoms with Crippen molar-refractivity contribution in [2.75, 3.05) is 66.4 Å². The number of rotatable bonds is 22. The molecule has 0 aromatic heterocycles. The summed E-state index contributed by atoms with van der Waals surface area (Å²) >= 11 is 0. The monoisotopic (exact) mass is 477 g/mol. The molecule has 0 heterocycles. The Morgan fingerprint density at radius 2 is 1.30 bits per heavy atom. The fourth-order valence-corrected chi connectivity index (χ4v) is 2.77. The van der Waals surface area contributed by atoms with E-state index in [9.17, 15) is 14.4 Å². The second-order valence-electron chi connectivity index (χ2n) is 8.74. The Labute approximate surface area is 196 Å². The zero-order chi connectivity index (χ0) is 25.3. The first-order valence-corrected chi connectivity index (χ1v) is 11.3. The van der Waals surface area contributed by atoms with Gasteiger partial charge >= 0.3 is 5.97 Å². The van der Waals surface area contributed by atoms with Crippen molar-refractivity contribution in [1.82, 2.24) is 16.0 Å². The molecule has 11 heteroatoms. The predicted molar refractivity (Wildman–Crippen MR) is 123 cm³/mol. The highest BCUT2D eigenvalue weighted by molar-refractivity contribution is 5.89. The van der Waals surface area contributed by atoms with Crippen LogP contribution in [0.15, 0.2) is 0 Å². The van der Waals surface area contributed by atoms with Gasteiger partial charge in [0.2, 0.25) is 0 Å². The van der Waals surface area contributed by atoms with E-state index in [1.807, 2.05) is 0 Å². The molecule has 0 aromatic carbocycles. The SMILES string of the molecule is CNC(CC(=O)O)CC(=O)C(C)(C)NCCOCCOCC(=O)C(C)(C)NCCOCCO. The minimum atomic E-state index is -0.950. The van der Waals surface area contributed by atoms with Crippen LogP contribution in [0.4, 0.5) is 0 Å². The smallest absolute Gasteiger partial charge is 0.304 e. The van der Waals surface area contributed by atoms with Gasteiger partial charge in [-0.15, -0.1) is 0 Å². The van der Waals surface area contributed by atoms with Crippen LogP contribution >= 0.6 is 0 Å². The minimum Gasteiger partial charge on any atom is -0.481 e. The summed E-state index contributed by atoms with van der Waals surface area (Å²) in [6, 6.07) is -0.410. The van der Waals surface area contributed by atoms with E-state index in [0.29, 0.717) is 32.9 Å². The topological polar surface area (TPSA) is 155 Å². The number of Topliss-reactive ketones (excluding diaryl/α,β-unsaturated/α-hetero) is 2. The Morgan fingerprint density at radius 3 is 1.82 bits per heavy atom. The van der Waals surface area contributed by atoms with Gasteiger partial charge in [-0.25, -0.2) is 0 Å². The van der Waals surface area contributed by atoms with Gasteiger partial charge in [0.1, 0.15) is 6.61 Å². The van der Waals surface area contributed by atoms with Crippen molar-refractivity contribution in [2.45, 2.75) is 57.7 Å². The molecule has 0 aliphatic rings. The van der Waals surface area contributed by atoms with Crippen LogP contribution in [0.3, 0.4) is 0 Å². The molecule has 194 valence electrons. The van der Waals surface area contributed by atoms with Crippen LogP contribution in [0.2, 0.25) is 0 Å². The summed E-state index contributed by atoms with van der Waals surface area (Å²) in [6.45, 7) is 9.53. The third-order valence-electron chi connectivity index (χ3n) is 5.12. The second kappa shape index (κ2) is 17.0. The number of hydrogen-bond donors (Lipinski definition) is 5. The summed E-state index contributed by atoms with van der Waals surface area (Å²) in [5.41, 5.74) is -1.55. The zero-order valence-corrected chi connectivity index (χ0v) is 20.7. The highest BCUT2D eigenvalue weighted by Crippen LogP contribution is 2.10. The number of carboxylic acids is 1. The van der Waals surface area contributed by atoms with Crippen LogP contribution in [0, 0.1) is 0 Å². The van der Waals surface area contributed by atoms with Gasteiger partial charge in [0.15, 0.2) is 11.6 Å². The lowest BCUT2D eigenvalue weighted by molar-refractivity contribution is -0.137. The van der Waals surface area contributed by atoms with Gasteiger partial charge < -0.3 is 40.4 Å². The number of ketones is 2. The van der Waals surface area contributed by atoms with Crippen molar-refractivity contribution < 1.29 is 38.8 Å². The molecule has 0 bridgehead atoms. The van der Waals surface area contributed by atoms with E-state index in [1.54, 1.807) is 34.7 Å². The molecule has 0 aliphatic carbocycles. The number of aliphatic carboxylic acids is 1. The highest BCUT2D eigenvalue weighted by Gasteiger charge is 2.29. The number of ether oxygens (including phenoxy) is 3. The molecule has 33 heavy (non-hydrogen) atoms. The molecule has 0 rings (SSSR count). The number of hydrogen-bond acceptors (Lipinski definition) is 10. The molecule has 0 radical (unpaired) electrons. The summed E-state index contributed by atoms with van der Waals surface area (Å²) in [7, 11) is 1.64. The van der Waals surface area contributed by atoms with E-state index in [0.717, 1.165) is 0 Å². The highest BCUT2D eigenvalue weighted by atomic mass is 16.5. The Bertz CT molecular complexity index is 584. The molecule has 5 N–H and O–H groups in total. The Balaban J connectivity index is 3.97. The van der Waals surface area contributed by atoms with Crippen molar-refractivity contribution in [3.05, 3.63) is 0 Å². The number of carbonyl (C=O) groups is 3. The van der Waals surface area contributed by atoms with E-state index in [-0.39, 0.29) is 50.8 Å². The first-order valence-electron chi connectivity index (χ1n) is 11.3. The average molecular weight is 478 g/mol. The number of aliphatic hydroxyl groups is 1. The molecule has 11 nitrogen and oxygen atoms in total. The van der Waals surface area contributed by atoms with Crippen LogP contribution < -0.4 is 16.0 Å². The summed E-state index contributed by atoms with van der Waals surface area (Å²) in [5, 5.41) is 26.6. The third-order valence-corrected chi connectivity index (χ3v) is 5.12. The van der Waals surface area contributed by atoms with Gasteiger partial charge in [0.05, 0.1) is 57.1 Å². The van der Waals surface area contributed by atoms with Crippen molar-refractivity contribution >= 4 is 17.5 Å². The molecular weight excluding hydrogens is 434 g/mol. The fraction of sp³-hybridized carbons (Fsp3) is 0.864. The van der Waals surface area contributed by atoms with Gasteiger partial charge in [-0.2, -0.15) is 0 Å². The first-order chi connectivity index (χ1) is 15.5. The van der Waals surface area contributed by atoms with Crippen LogP contribution in [-0.4, -0.2) is 111 Å². The summed E-state index contributed by atoms with van der Waals surface area (Å²) in [6.07, 6.45) is 0.00262. The van der Waals surface area contributed by atoms with Gasteiger partial charge in [0.25, 0.3) is 0 Å². The maximum Gasteiger partial charge on any atom is 0.304 e. The second-order valence-corrected chi connectivity index (χ2v) is 8.74. The normalized spacial score (nSPS) is 13.2. The Morgan fingerprint density at radius 1 is 0.788 bits per heavy atom. The first kappa shape index (κ1) is 31.5. The predicted octanol–water partition coefficient (Wildman–Crippen LogP) is -0.644. The molecule has 0 fully saturated rings. The Hall–Kier alpha value is -1.47. The summed E-state index contributed by atoms with van der Waals surface area (Å²) < 4.78 is 16.0. The van der Waals surface area contributed by atoms with Crippen molar-refractivity contribution in [3.8, 4) is 0 Å². The zero-order valence-electron chi connectivity index (χ0n) is 20.7. The van der Waals surface area contributed by atoms with E-state index in [2.05, 4.69) is 16.0 Å². The molecule has 0 aliphatic heterocycles. The molecule has 0 spiro atoms. The molecule has 1 atom stereocenters. The van der Waals surface area contributed by atoms with Gasteiger partial charge in [-0.05, 0) is 34.7 Å². The van der Waals surface area contributed by atoms with Crippen molar-refractivity contribution in [2.24, 2.45) is 0 Å². The van der Waals surface area contributed by atoms with E-state index in [1.165, 1.54) is 0 Å². The number of carbonyl (C=O) groups excluding carboxylic acids is 2. The quantitative estimate of drug-likeness (QED) is 0.126. The number of nitrogens with one attached hydrogen (secondary N) is 3. The molecule has 0 aromatic rings. The van der Waals surface area contributed by atoms with Crippen molar-refractivity contribution in [1.29, 1.82) is 0 Å². The standard InChI is InChI=1S/C22H43N3O8/c1-21(2,18(27)14-17(23-5)15-20(29)30)24-7-10-32-12-13-33-16-19(28)22(3,4)25-6-9-31-11-8-26/h17,23-26H,6-16H2,1-5H3,(H,29,30). The lowest BCUT2D eigenvalue weighted by Gasteiger charge is -2.27. The minimum absolute atomic E-state index is 0.0319. The van der Waals surface area contributed by atoms with Crippen LogP contribution in [0.5, 0.6) is 0 Å². The van der Waals surface area contributed by atoms with Gasteiger partial charge in [-0.1, -0.05) is 0 Å². The van der Waals surface area contributed by atoms with E-state index in [4.69, 9.17) is 24.4 Å². The average Bonchev–Trinajstić information content (AvgIpc) is 2.74. The summed E-state index contributed by atoms with van der Waals surface area (Å²) in [5.74, 6) is -1.12. The van der Waals surface area contributed by atoms with E-state index < -0.39 is 23.1 Å². The van der Waals surface area contributed by atoms with E-state index >= 15 is 0 Å². The maximum atomic E-state index is 12.5. The van der Waals surface area contributed by atoms with Crippen molar-refractivity contribution in [3.63, 3.8) is 0 Å². The summed E-state index contributed by atoms with van der Waals surface area (Å²) in [4.78, 5) is 35.6. The number of carboxylic acid groups (broad SMARTS) is 1. The van der Waals surface area contributed by atoms with Crippen LogP contribution in [0.1, 0.15) is 40.5 Å². The molecular formula is C22H43N3O8. The molecule has 0 amide bonds. The Kier molecular flexibility index (Phi) is 16.3. The van der Waals surface area contributed by atoms with Gasteiger partial charge in [-0.3, -0.25) is 14.4 Å².